The third kappa shape index (κ3) is 3.03. The van der Waals surface area contributed by atoms with Crippen molar-refractivity contribution in [1.29, 1.82) is 0 Å². The summed E-state index contributed by atoms with van der Waals surface area (Å²) in [7, 11) is 3.16. The molecule has 0 amide bonds. The van der Waals surface area contributed by atoms with Gasteiger partial charge in [0.25, 0.3) is 0 Å². The molecule has 1 aromatic heterocycles. The van der Waals surface area contributed by atoms with E-state index in [1.807, 2.05) is 11.9 Å². The first-order valence-corrected chi connectivity index (χ1v) is 6.14. The molecule has 1 aromatic rings. The topological polar surface area (TPSA) is 59.5 Å². The summed E-state index contributed by atoms with van der Waals surface area (Å²) in [6.45, 7) is 4.30. The average molecular weight is 256 g/mol. The summed E-state index contributed by atoms with van der Waals surface area (Å²) < 4.78 is 4.61. The number of Topliss-reactive ketones (excluding diaryl/α,β-unsaturated/α-hetero) is 1. The van der Waals surface area contributed by atoms with Crippen molar-refractivity contribution < 1.29 is 14.3 Å². The number of carbonyl (C=O) groups excluding carboxylic acids is 2. The van der Waals surface area contributed by atoms with E-state index in [0.717, 1.165) is 13.0 Å². The van der Waals surface area contributed by atoms with Gasteiger partial charge >= 0.3 is 5.97 Å². The Labute approximate surface area is 104 Å². The Morgan fingerprint density at radius 2 is 2.12 bits per heavy atom. The Balaban J connectivity index is 3.12. The SMILES string of the molecule is CCCN(C)c1nc(C(=O)OC)c(C(C)=O)s1. The van der Waals surface area contributed by atoms with Crippen molar-refractivity contribution in [3.8, 4) is 0 Å². The summed E-state index contributed by atoms with van der Waals surface area (Å²) in [5, 5.41) is 0.664. The van der Waals surface area contributed by atoms with Crippen LogP contribution in [0.1, 0.15) is 40.4 Å². The van der Waals surface area contributed by atoms with Crippen LogP contribution in [0.3, 0.4) is 0 Å². The zero-order valence-corrected chi connectivity index (χ0v) is 11.3. The molecule has 17 heavy (non-hydrogen) atoms. The molecule has 0 atom stereocenters. The molecule has 0 radical (unpaired) electrons. The van der Waals surface area contributed by atoms with E-state index in [9.17, 15) is 9.59 Å². The molecule has 0 spiro atoms. The number of thiazole rings is 1. The zero-order chi connectivity index (χ0) is 13.0. The lowest BCUT2D eigenvalue weighted by Gasteiger charge is -2.13. The van der Waals surface area contributed by atoms with Crippen molar-refractivity contribution in [3.05, 3.63) is 10.6 Å². The maximum Gasteiger partial charge on any atom is 0.358 e. The normalized spacial score (nSPS) is 10.1. The minimum absolute atomic E-state index is 0.114. The maximum absolute atomic E-state index is 11.5. The van der Waals surface area contributed by atoms with E-state index in [2.05, 4.69) is 16.6 Å². The van der Waals surface area contributed by atoms with Gasteiger partial charge in [-0.15, -0.1) is 0 Å². The highest BCUT2D eigenvalue weighted by molar-refractivity contribution is 7.17. The number of ether oxygens (including phenoxy) is 1. The van der Waals surface area contributed by atoms with Crippen LogP contribution in [0, 0.1) is 0 Å². The second-order valence-corrected chi connectivity index (χ2v) is 4.62. The summed E-state index contributed by atoms with van der Waals surface area (Å²) in [6, 6.07) is 0. The molecule has 0 aromatic carbocycles. The van der Waals surface area contributed by atoms with Gasteiger partial charge in [-0.3, -0.25) is 4.79 Å². The van der Waals surface area contributed by atoms with Gasteiger partial charge in [-0.05, 0) is 6.42 Å². The first-order valence-electron chi connectivity index (χ1n) is 5.32. The number of aromatic nitrogens is 1. The standard InChI is InChI=1S/C11H16N2O3S/c1-5-6-13(3)11-12-8(10(15)16-4)9(17-11)7(2)14/h5-6H2,1-4H3. The predicted molar refractivity (Wildman–Crippen MR) is 67.0 cm³/mol. The summed E-state index contributed by atoms with van der Waals surface area (Å²) in [6.07, 6.45) is 0.971. The number of esters is 1. The summed E-state index contributed by atoms with van der Waals surface area (Å²) in [5.74, 6) is -0.735. The van der Waals surface area contributed by atoms with Gasteiger partial charge in [0.15, 0.2) is 16.6 Å². The lowest BCUT2D eigenvalue weighted by atomic mass is 10.3. The molecule has 0 aliphatic carbocycles. The molecule has 0 N–H and O–H groups in total. The molecule has 0 aliphatic rings. The van der Waals surface area contributed by atoms with E-state index in [4.69, 9.17) is 0 Å². The molecule has 1 rings (SSSR count). The van der Waals surface area contributed by atoms with Gasteiger partial charge in [0.05, 0.1) is 7.11 Å². The van der Waals surface area contributed by atoms with Gasteiger partial charge in [0.2, 0.25) is 0 Å². The number of hydrogen-bond acceptors (Lipinski definition) is 6. The van der Waals surface area contributed by atoms with Gasteiger partial charge in [0.1, 0.15) is 4.88 Å². The van der Waals surface area contributed by atoms with Crippen LogP contribution in [0.5, 0.6) is 0 Å². The Hall–Kier alpha value is -1.43. The first-order chi connectivity index (χ1) is 8.01. The molecule has 5 nitrogen and oxygen atoms in total. The molecular formula is C11H16N2O3S. The molecule has 6 heteroatoms. The Bertz CT molecular complexity index is 428. The minimum atomic E-state index is -0.567. The number of carbonyl (C=O) groups is 2. The van der Waals surface area contributed by atoms with Crippen molar-refractivity contribution in [3.63, 3.8) is 0 Å². The summed E-state index contributed by atoms with van der Waals surface area (Å²) >= 11 is 1.22. The Kier molecular flexibility index (Phi) is 4.62. The average Bonchev–Trinajstić information content (AvgIpc) is 2.73. The summed E-state index contributed by atoms with van der Waals surface area (Å²) in [4.78, 5) is 29.4. The van der Waals surface area contributed by atoms with E-state index in [1.165, 1.54) is 25.4 Å². The van der Waals surface area contributed by atoms with E-state index >= 15 is 0 Å². The van der Waals surface area contributed by atoms with Gasteiger partial charge in [-0.25, -0.2) is 9.78 Å². The van der Waals surface area contributed by atoms with E-state index in [0.29, 0.717) is 10.0 Å². The number of ketones is 1. The van der Waals surface area contributed by atoms with Crippen LogP contribution < -0.4 is 4.90 Å². The molecule has 1 heterocycles. The smallest absolute Gasteiger partial charge is 0.358 e. The monoisotopic (exact) mass is 256 g/mol. The Morgan fingerprint density at radius 1 is 1.47 bits per heavy atom. The molecule has 94 valence electrons. The molecule has 0 fully saturated rings. The molecule has 0 unspecified atom stereocenters. The number of nitrogens with zero attached hydrogens (tertiary/aromatic N) is 2. The highest BCUT2D eigenvalue weighted by Gasteiger charge is 2.22. The maximum atomic E-state index is 11.5. The van der Waals surface area contributed by atoms with E-state index in [1.54, 1.807) is 0 Å². The van der Waals surface area contributed by atoms with Crippen LogP contribution in [0.2, 0.25) is 0 Å². The van der Waals surface area contributed by atoms with Crippen molar-refractivity contribution in [1.82, 2.24) is 4.98 Å². The largest absolute Gasteiger partial charge is 0.464 e. The molecule has 0 aliphatic heterocycles. The fraction of sp³-hybridized carbons (Fsp3) is 0.545. The fourth-order valence-electron chi connectivity index (χ4n) is 1.38. The van der Waals surface area contributed by atoms with Crippen molar-refractivity contribution in [2.24, 2.45) is 0 Å². The molecule has 0 saturated heterocycles. The lowest BCUT2D eigenvalue weighted by molar-refractivity contribution is 0.0591. The Morgan fingerprint density at radius 3 is 2.59 bits per heavy atom. The van der Waals surface area contributed by atoms with Crippen LogP contribution in [0.25, 0.3) is 0 Å². The highest BCUT2D eigenvalue weighted by Crippen LogP contribution is 2.26. The lowest BCUT2D eigenvalue weighted by Crippen LogP contribution is -2.17. The van der Waals surface area contributed by atoms with Crippen LogP contribution in [-0.4, -0.2) is 37.4 Å². The quantitative estimate of drug-likeness (QED) is 0.595. The number of rotatable bonds is 5. The molecule has 0 bridgehead atoms. The first kappa shape index (κ1) is 13.6. The number of methoxy groups -OCH3 is 1. The third-order valence-electron chi connectivity index (χ3n) is 2.20. The van der Waals surface area contributed by atoms with Crippen molar-refractivity contribution in [2.45, 2.75) is 20.3 Å². The van der Waals surface area contributed by atoms with Gasteiger partial charge in [0, 0.05) is 20.5 Å². The van der Waals surface area contributed by atoms with Crippen LogP contribution in [-0.2, 0) is 4.74 Å². The second kappa shape index (κ2) is 5.77. The van der Waals surface area contributed by atoms with Crippen molar-refractivity contribution >= 4 is 28.2 Å². The van der Waals surface area contributed by atoms with Crippen LogP contribution in [0.4, 0.5) is 5.13 Å². The van der Waals surface area contributed by atoms with E-state index in [-0.39, 0.29) is 11.5 Å². The van der Waals surface area contributed by atoms with Crippen LogP contribution in [0.15, 0.2) is 0 Å². The molecular weight excluding hydrogens is 240 g/mol. The predicted octanol–water partition coefficient (Wildman–Crippen LogP) is 1.98. The highest BCUT2D eigenvalue weighted by atomic mass is 32.1. The minimum Gasteiger partial charge on any atom is -0.464 e. The zero-order valence-electron chi connectivity index (χ0n) is 10.4. The van der Waals surface area contributed by atoms with Gasteiger partial charge < -0.3 is 9.64 Å². The molecule has 0 saturated carbocycles. The third-order valence-corrected chi connectivity index (χ3v) is 3.47. The van der Waals surface area contributed by atoms with E-state index < -0.39 is 5.97 Å². The number of anilines is 1. The number of hydrogen-bond donors (Lipinski definition) is 0. The van der Waals surface area contributed by atoms with Gasteiger partial charge in [-0.1, -0.05) is 18.3 Å². The van der Waals surface area contributed by atoms with Crippen LogP contribution >= 0.6 is 11.3 Å². The second-order valence-electron chi connectivity index (χ2n) is 3.64. The fourth-order valence-corrected chi connectivity index (χ4v) is 2.31. The van der Waals surface area contributed by atoms with Gasteiger partial charge in [-0.2, -0.15) is 0 Å². The summed E-state index contributed by atoms with van der Waals surface area (Å²) in [5.41, 5.74) is 0.114. The van der Waals surface area contributed by atoms with Crippen molar-refractivity contribution in [2.75, 3.05) is 25.6 Å².